The number of hydrogen-bond acceptors (Lipinski definition) is 6. The Balaban J connectivity index is -0.00000103. The molecule has 0 aromatic heterocycles. The van der Waals surface area contributed by atoms with Crippen molar-refractivity contribution in [2.45, 2.75) is 304 Å². The van der Waals surface area contributed by atoms with Crippen molar-refractivity contribution in [3.8, 4) is 0 Å². The van der Waals surface area contributed by atoms with Gasteiger partial charge in [-0.05, 0) is 57.8 Å². The topological polar surface area (TPSA) is 113 Å². The molecular weight excluding hydrogens is 852 g/mol. The predicted octanol–water partition coefficient (Wildman–Crippen LogP) is 16.2. The number of nitrogens with zero attached hydrogens (tertiary/aromatic N) is 2. The molecule has 0 unspecified atom stereocenters. The van der Waals surface area contributed by atoms with Crippen molar-refractivity contribution in [1.29, 1.82) is 0 Å². The lowest BCUT2D eigenvalue weighted by Crippen LogP contribution is -2.47. The molecule has 67 heavy (non-hydrogen) atoms. The smallest absolute Gasteiger partial charge is 0.102 e. The third kappa shape index (κ3) is 62.0. The lowest BCUT2D eigenvalue weighted by atomic mass is 10.1. The number of rotatable bonds is 52. The van der Waals surface area contributed by atoms with Crippen molar-refractivity contribution < 1.29 is 38.1 Å². The van der Waals surface area contributed by atoms with Crippen LogP contribution in [0, 0.1) is 0 Å². The van der Waals surface area contributed by atoms with Crippen LogP contribution in [0.3, 0.4) is 0 Å². The van der Waals surface area contributed by atoms with Crippen molar-refractivity contribution >= 4 is 7.82 Å². The third-order valence-corrected chi connectivity index (χ3v) is 14.7. The molecule has 0 aliphatic carbocycles. The summed E-state index contributed by atoms with van der Waals surface area (Å²) < 4.78 is 15.8. The van der Waals surface area contributed by atoms with Gasteiger partial charge in [-0.1, -0.05) is 247 Å². The van der Waals surface area contributed by atoms with Crippen LogP contribution < -0.4 is 9.79 Å². The van der Waals surface area contributed by atoms with Gasteiger partial charge in [0.1, 0.15) is 13.1 Å². The molecule has 2 N–H and O–H groups in total. The molecule has 0 aromatic rings. The van der Waals surface area contributed by atoms with Gasteiger partial charge in [0.25, 0.3) is 0 Å². The minimum absolute atomic E-state index is 0.0147. The number of hydrogen-bond donors (Lipinski definition) is 2. The Bertz CT molecular complexity index is 844. The molecule has 0 rings (SSSR count). The monoisotopic (exact) mass is 977 g/mol. The highest BCUT2D eigenvalue weighted by Crippen LogP contribution is 2.24. The molecule has 0 bridgehead atoms. The standard InChI is InChI=1S/2C27H58NO.C4H11O4P/c2*1-4-6-8-10-12-14-16-18-20-22-24-28(3,26-27-29)25-23-21-19-17-15-13-11-9-7-5-2;1-2-3-4-8-9(5,6)7/h2*29H,4-27H2,1-3H3;2-4H2,1H3,(H2,5,6,7)/q2*+1;/p-2. The van der Waals surface area contributed by atoms with Gasteiger partial charge in [0.15, 0.2) is 0 Å². The van der Waals surface area contributed by atoms with Gasteiger partial charge >= 0.3 is 0 Å². The summed E-state index contributed by atoms with van der Waals surface area (Å²) >= 11 is 0. The zero-order chi connectivity index (χ0) is 50.3. The zero-order valence-corrected chi connectivity index (χ0v) is 47.8. The number of likely N-dealkylation sites (N-methyl/N-ethyl adjacent to an activating group) is 2. The first kappa shape index (κ1) is 71.2. The first-order chi connectivity index (χ1) is 32.4. The van der Waals surface area contributed by atoms with Crippen LogP contribution in [0.1, 0.15) is 304 Å². The van der Waals surface area contributed by atoms with E-state index in [1.165, 1.54) is 283 Å². The van der Waals surface area contributed by atoms with Gasteiger partial charge in [0, 0.05) is 0 Å². The van der Waals surface area contributed by atoms with E-state index in [0.717, 1.165) is 28.5 Å². The maximum absolute atomic E-state index is 9.76. The maximum atomic E-state index is 9.76. The lowest BCUT2D eigenvalue weighted by molar-refractivity contribution is -0.910. The summed E-state index contributed by atoms with van der Waals surface area (Å²) in [6.07, 6.45) is 57.7. The number of aliphatic hydroxyl groups excluding tert-OH is 2. The predicted molar refractivity (Wildman–Crippen MR) is 292 cm³/mol. The average Bonchev–Trinajstić information content (AvgIpc) is 3.29. The number of aliphatic hydroxyl groups is 2. The van der Waals surface area contributed by atoms with Crippen LogP contribution in [0.5, 0.6) is 0 Å². The highest BCUT2D eigenvalue weighted by molar-refractivity contribution is 7.43. The quantitative estimate of drug-likeness (QED) is 0.0357. The van der Waals surface area contributed by atoms with Crippen LogP contribution in [-0.4, -0.2) is 92.4 Å². The second kappa shape index (κ2) is 56.9. The molecule has 0 aliphatic rings. The van der Waals surface area contributed by atoms with E-state index in [1.807, 2.05) is 6.92 Å². The van der Waals surface area contributed by atoms with E-state index in [2.05, 4.69) is 46.3 Å². The molecule has 0 amide bonds. The third-order valence-electron chi connectivity index (χ3n) is 14.2. The second-order valence-corrected chi connectivity index (χ2v) is 22.5. The Hall–Kier alpha value is -0.0500. The van der Waals surface area contributed by atoms with E-state index in [0.29, 0.717) is 19.6 Å². The van der Waals surface area contributed by atoms with E-state index >= 15 is 0 Å². The summed E-state index contributed by atoms with van der Waals surface area (Å²) in [6, 6.07) is 0. The summed E-state index contributed by atoms with van der Waals surface area (Å²) in [5.41, 5.74) is 0. The van der Waals surface area contributed by atoms with E-state index in [1.54, 1.807) is 0 Å². The molecule has 0 spiro atoms. The number of unbranched alkanes of at least 4 members (excludes halogenated alkanes) is 37. The van der Waals surface area contributed by atoms with Crippen LogP contribution >= 0.6 is 7.82 Å². The molecule has 8 nitrogen and oxygen atoms in total. The largest absolute Gasteiger partial charge is 0.790 e. The minimum atomic E-state index is -4.70. The Labute approximate surface area is 421 Å². The van der Waals surface area contributed by atoms with E-state index in [-0.39, 0.29) is 6.61 Å². The highest BCUT2D eigenvalue weighted by Gasteiger charge is 2.21. The van der Waals surface area contributed by atoms with Gasteiger partial charge in [-0.3, -0.25) is 0 Å². The van der Waals surface area contributed by atoms with Crippen molar-refractivity contribution in [1.82, 2.24) is 0 Å². The van der Waals surface area contributed by atoms with Crippen molar-refractivity contribution in [3.05, 3.63) is 0 Å². The van der Waals surface area contributed by atoms with Gasteiger partial charge in [-0.25, -0.2) is 0 Å². The first-order valence-corrected chi connectivity index (χ1v) is 31.4. The molecule has 0 fully saturated rings. The van der Waals surface area contributed by atoms with Crippen molar-refractivity contribution in [2.75, 3.05) is 73.2 Å². The van der Waals surface area contributed by atoms with Crippen LogP contribution in [-0.2, 0) is 9.09 Å². The molecule has 0 atom stereocenters. The van der Waals surface area contributed by atoms with E-state index in [4.69, 9.17) is 0 Å². The van der Waals surface area contributed by atoms with Crippen LogP contribution in [0.4, 0.5) is 0 Å². The van der Waals surface area contributed by atoms with E-state index < -0.39 is 7.82 Å². The molecular formula is C58H125N2O6P. The van der Waals surface area contributed by atoms with Gasteiger partial charge in [-0.2, -0.15) is 0 Å². The van der Waals surface area contributed by atoms with Crippen molar-refractivity contribution in [3.63, 3.8) is 0 Å². The average molecular weight is 978 g/mol. The Morgan fingerprint density at radius 2 is 0.493 bits per heavy atom. The Morgan fingerprint density at radius 1 is 0.313 bits per heavy atom. The highest BCUT2D eigenvalue weighted by atomic mass is 31.2. The summed E-state index contributed by atoms with van der Waals surface area (Å²) in [7, 11) is 0.0500. The molecule has 0 radical (unpaired) electrons. The fraction of sp³-hybridized carbons (Fsp3) is 1.00. The Kier molecular flexibility index (Phi) is 60.4. The molecule has 0 saturated heterocycles. The van der Waals surface area contributed by atoms with Gasteiger partial charge in [-0.15, -0.1) is 0 Å². The second-order valence-electron chi connectivity index (χ2n) is 21.4. The number of phosphoric ester groups is 1. The van der Waals surface area contributed by atoms with Crippen LogP contribution in [0.2, 0.25) is 0 Å². The van der Waals surface area contributed by atoms with Crippen molar-refractivity contribution in [2.24, 2.45) is 0 Å². The summed E-state index contributed by atoms with van der Waals surface area (Å²) in [6.45, 7) is 18.6. The normalized spacial score (nSPS) is 12.0. The summed E-state index contributed by atoms with van der Waals surface area (Å²) in [4.78, 5) is 19.5. The summed E-state index contributed by atoms with van der Waals surface area (Å²) in [5.74, 6) is 0. The molecule has 9 heteroatoms. The maximum Gasteiger partial charge on any atom is 0.102 e. The molecule has 408 valence electrons. The van der Waals surface area contributed by atoms with Gasteiger partial charge in [0.2, 0.25) is 0 Å². The van der Waals surface area contributed by atoms with Gasteiger partial charge < -0.3 is 38.1 Å². The van der Waals surface area contributed by atoms with Gasteiger partial charge in [0.05, 0.1) is 67.9 Å². The summed E-state index contributed by atoms with van der Waals surface area (Å²) in [5, 5.41) is 19.0. The SMILES string of the molecule is CCCCCCCCCCCC[N+](C)(CCO)CCCCCCCCCCCC.CCCCCCCCCCCC[N+](C)(CCO)CCCCCCCCCCCC.CCCCOP(=O)([O-])[O-]. The first-order valence-electron chi connectivity index (χ1n) is 30.0. The molecule has 0 aliphatic heterocycles. The van der Waals surface area contributed by atoms with E-state index in [9.17, 15) is 24.6 Å². The zero-order valence-electron chi connectivity index (χ0n) is 46.9. The lowest BCUT2D eigenvalue weighted by Gasteiger charge is -2.34. The minimum Gasteiger partial charge on any atom is -0.790 e. The molecule has 0 aromatic carbocycles. The Morgan fingerprint density at radius 3 is 0.657 bits per heavy atom. The fourth-order valence-corrected chi connectivity index (χ4v) is 9.75. The fourth-order valence-electron chi connectivity index (χ4n) is 9.40. The molecule has 0 saturated carbocycles. The number of phosphoric acid groups is 1. The van der Waals surface area contributed by atoms with Crippen LogP contribution in [0.25, 0.3) is 0 Å². The molecule has 0 heterocycles. The van der Waals surface area contributed by atoms with Crippen LogP contribution in [0.15, 0.2) is 0 Å². The number of quaternary nitrogens is 2.